The van der Waals surface area contributed by atoms with Gasteiger partial charge in [-0.05, 0) is 90.7 Å². The molecule has 0 spiro atoms. The highest BCUT2D eigenvalue weighted by molar-refractivity contribution is 7.89. The molecule has 5 fully saturated rings. The van der Waals surface area contributed by atoms with Crippen LogP contribution in [-0.4, -0.2) is 49.3 Å². The van der Waals surface area contributed by atoms with E-state index in [0.717, 1.165) is 42.0 Å². The average Bonchev–Trinajstić information content (AvgIpc) is 2.77. The van der Waals surface area contributed by atoms with Gasteiger partial charge >= 0.3 is 0 Å². The molecule has 190 valence electrons. The summed E-state index contributed by atoms with van der Waals surface area (Å²) >= 11 is 0. The van der Waals surface area contributed by atoms with Crippen LogP contribution in [0.3, 0.4) is 0 Å². The molecular formula is C29H46N2O2S. The Morgan fingerprint density at radius 2 is 1.18 bits per heavy atom. The van der Waals surface area contributed by atoms with Crippen LogP contribution >= 0.6 is 0 Å². The van der Waals surface area contributed by atoms with E-state index >= 15 is 0 Å². The van der Waals surface area contributed by atoms with Crippen molar-refractivity contribution >= 4 is 10.0 Å². The van der Waals surface area contributed by atoms with Crippen molar-refractivity contribution in [1.82, 2.24) is 9.21 Å². The minimum absolute atomic E-state index is 0.175. The summed E-state index contributed by atoms with van der Waals surface area (Å²) in [5.74, 6) is 3.51. The first kappa shape index (κ1) is 24.8. The van der Waals surface area contributed by atoms with Crippen molar-refractivity contribution in [3.8, 4) is 0 Å². The molecule has 0 aromatic heterocycles. The predicted molar refractivity (Wildman–Crippen MR) is 140 cm³/mol. The minimum atomic E-state index is -3.53. The summed E-state index contributed by atoms with van der Waals surface area (Å²) in [4.78, 5) is 3.32. The van der Waals surface area contributed by atoms with Crippen molar-refractivity contribution in [2.75, 3.05) is 26.2 Å². The van der Waals surface area contributed by atoms with Crippen LogP contribution in [0.4, 0.5) is 0 Å². The van der Waals surface area contributed by atoms with Crippen LogP contribution in [0.15, 0.2) is 17.0 Å². The van der Waals surface area contributed by atoms with E-state index in [1.807, 2.05) is 4.31 Å². The summed E-state index contributed by atoms with van der Waals surface area (Å²) in [6.45, 7) is 16.0. The Morgan fingerprint density at radius 1 is 0.735 bits per heavy atom. The SMILES string of the molecule is CC(C)c1cc(C(C)C)c(S(=O)(=O)N2CCN(C34CC5CC(CC(C5)C3)C4)CC2)c(C(C)C)c1. The van der Waals surface area contributed by atoms with Crippen molar-refractivity contribution in [3.05, 3.63) is 28.8 Å². The third-order valence-electron chi connectivity index (χ3n) is 9.59. The van der Waals surface area contributed by atoms with Crippen LogP contribution in [0, 0.1) is 17.8 Å². The summed E-state index contributed by atoms with van der Waals surface area (Å²) in [7, 11) is -3.53. The molecule has 4 nitrogen and oxygen atoms in total. The zero-order valence-corrected chi connectivity index (χ0v) is 23.1. The van der Waals surface area contributed by atoms with Crippen molar-refractivity contribution in [3.63, 3.8) is 0 Å². The molecule has 4 aliphatic carbocycles. The van der Waals surface area contributed by atoms with Gasteiger partial charge in [0.2, 0.25) is 10.0 Å². The zero-order valence-electron chi connectivity index (χ0n) is 22.3. The van der Waals surface area contributed by atoms with Gasteiger partial charge in [0, 0.05) is 31.7 Å². The maximum absolute atomic E-state index is 14.2. The van der Waals surface area contributed by atoms with Gasteiger partial charge in [0.1, 0.15) is 0 Å². The van der Waals surface area contributed by atoms with Crippen LogP contribution in [-0.2, 0) is 10.0 Å². The molecule has 4 bridgehead atoms. The first-order valence-electron chi connectivity index (χ1n) is 13.9. The molecule has 0 unspecified atom stereocenters. The van der Waals surface area contributed by atoms with Crippen LogP contribution in [0.1, 0.15) is 115 Å². The molecule has 0 N–H and O–H groups in total. The third-order valence-corrected chi connectivity index (χ3v) is 11.6. The van der Waals surface area contributed by atoms with Crippen molar-refractivity contribution in [2.45, 2.75) is 108 Å². The van der Waals surface area contributed by atoms with Gasteiger partial charge in [-0.2, -0.15) is 4.31 Å². The normalized spacial score (nSPS) is 32.4. The standard InChI is InChI=1S/C29H46N2O2S/c1-19(2)25-14-26(20(3)4)28(27(15-25)21(5)6)34(32,33)31-9-7-30(8-10-31)29-16-22-11-23(17-29)13-24(12-22)18-29/h14-15,19-24H,7-13,16-18H2,1-6H3. The van der Waals surface area contributed by atoms with E-state index in [1.54, 1.807) is 0 Å². The summed E-state index contributed by atoms with van der Waals surface area (Å²) in [5, 5.41) is 0. The molecule has 1 aromatic carbocycles. The quantitative estimate of drug-likeness (QED) is 0.472. The Balaban J connectivity index is 1.41. The fourth-order valence-electron chi connectivity index (χ4n) is 8.17. The molecule has 5 heteroatoms. The highest BCUT2D eigenvalue weighted by atomic mass is 32.2. The van der Waals surface area contributed by atoms with E-state index in [0.29, 0.717) is 29.4 Å². The second-order valence-electron chi connectivity index (χ2n) is 13.0. The van der Waals surface area contributed by atoms with Gasteiger partial charge in [0.25, 0.3) is 0 Å². The van der Waals surface area contributed by atoms with E-state index in [4.69, 9.17) is 0 Å². The molecule has 0 amide bonds. The predicted octanol–water partition coefficient (Wildman–Crippen LogP) is 6.33. The summed E-state index contributed by atoms with van der Waals surface area (Å²) in [6, 6.07) is 4.33. The Morgan fingerprint density at radius 3 is 1.56 bits per heavy atom. The second kappa shape index (κ2) is 8.88. The van der Waals surface area contributed by atoms with E-state index < -0.39 is 10.0 Å². The van der Waals surface area contributed by atoms with E-state index in [2.05, 4.69) is 58.6 Å². The van der Waals surface area contributed by atoms with Crippen molar-refractivity contribution in [2.24, 2.45) is 17.8 Å². The number of nitrogens with zero attached hydrogens (tertiary/aromatic N) is 2. The number of hydrogen-bond donors (Lipinski definition) is 0. The van der Waals surface area contributed by atoms with E-state index in [9.17, 15) is 8.42 Å². The number of hydrogen-bond acceptors (Lipinski definition) is 3. The maximum Gasteiger partial charge on any atom is 0.243 e. The maximum atomic E-state index is 14.2. The van der Waals surface area contributed by atoms with E-state index in [-0.39, 0.29) is 11.8 Å². The van der Waals surface area contributed by atoms with Gasteiger partial charge in [-0.1, -0.05) is 53.7 Å². The molecule has 1 saturated heterocycles. The fraction of sp³-hybridized carbons (Fsp3) is 0.793. The van der Waals surface area contributed by atoms with Gasteiger partial charge in [-0.25, -0.2) is 8.42 Å². The van der Waals surface area contributed by atoms with Crippen molar-refractivity contribution in [1.29, 1.82) is 0 Å². The average molecular weight is 487 g/mol. The highest BCUT2D eigenvalue weighted by Crippen LogP contribution is 2.58. The molecule has 6 rings (SSSR count). The molecule has 0 radical (unpaired) electrons. The Hall–Kier alpha value is -0.910. The lowest BCUT2D eigenvalue weighted by Gasteiger charge is -2.61. The Bertz CT molecular complexity index is 954. The molecule has 5 aliphatic rings. The molecule has 4 saturated carbocycles. The largest absolute Gasteiger partial charge is 0.295 e. The van der Waals surface area contributed by atoms with Gasteiger partial charge in [-0.3, -0.25) is 4.90 Å². The van der Waals surface area contributed by atoms with Gasteiger partial charge in [0.15, 0.2) is 0 Å². The summed E-state index contributed by atoms with van der Waals surface area (Å²) in [5.41, 5.74) is 3.62. The van der Waals surface area contributed by atoms with E-state index in [1.165, 1.54) is 44.1 Å². The van der Waals surface area contributed by atoms with Crippen LogP contribution in [0.25, 0.3) is 0 Å². The van der Waals surface area contributed by atoms with Crippen molar-refractivity contribution < 1.29 is 8.42 Å². The van der Waals surface area contributed by atoms with Gasteiger partial charge in [-0.15, -0.1) is 0 Å². The minimum Gasteiger partial charge on any atom is -0.295 e. The number of rotatable bonds is 6. The highest BCUT2D eigenvalue weighted by Gasteiger charge is 2.54. The molecular weight excluding hydrogens is 440 g/mol. The lowest BCUT2D eigenvalue weighted by Crippen LogP contribution is -2.64. The third kappa shape index (κ3) is 4.18. The zero-order chi connectivity index (χ0) is 24.4. The Labute approximate surface area is 208 Å². The molecule has 1 aliphatic heterocycles. The number of benzene rings is 1. The Kier molecular flexibility index (Phi) is 6.47. The number of piperazine rings is 1. The van der Waals surface area contributed by atoms with Crippen LogP contribution in [0.2, 0.25) is 0 Å². The molecule has 0 atom stereocenters. The molecule has 1 heterocycles. The first-order valence-corrected chi connectivity index (χ1v) is 15.4. The summed E-state index contributed by atoms with van der Waals surface area (Å²) in [6.07, 6.45) is 8.44. The lowest BCUT2D eigenvalue weighted by molar-refractivity contribution is -0.0964. The van der Waals surface area contributed by atoms with Crippen LogP contribution < -0.4 is 0 Å². The summed E-state index contributed by atoms with van der Waals surface area (Å²) < 4.78 is 30.2. The van der Waals surface area contributed by atoms with Crippen LogP contribution in [0.5, 0.6) is 0 Å². The molecule has 1 aromatic rings. The topological polar surface area (TPSA) is 40.6 Å². The smallest absolute Gasteiger partial charge is 0.243 e. The van der Waals surface area contributed by atoms with Gasteiger partial charge in [0.05, 0.1) is 4.90 Å². The molecule has 34 heavy (non-hydrogen) atoms. The lowest BCUT2D eigenvalue weighted by atomic mass is 9.52. The number of sulfonamides is 1. The monoisotopic (exact) mass is 486 g/mol. The van der Waals surface area contributed by atoms with Gasteiger partial charge < -0.3 is 0 Å². The second-order valence-corrected chi connectivity index (χ2v) is 14.9. The fourth-order valence-corrected chi connectivity index (χ4v) is 10.3. The first-order chi connectivity index (χ1) is 16.0.